The molecule has 0 atom stereocenters. The predicted octanol–water partition coefficient (Wildman–Crippen LogP) is 4.58. The summed E-state index contributed by atoms with van der Waals surface area (Å²) in [7, 11) is -4.51. The van der Waals surface area contributed by atoms with Gasteiger partial charge in [-0.3, -0.25) is 4.79 Å². The maximum atomic E-state index is 13.2. The van der Waals surface area contributed by atoms with Crippen LogP contribution in [0.1, 0.15) is 16.7 Å². The van der Waals surface area contributed by atoms with E-state index in [0.717, 1.165) is 18.3 Å². The third kappa shape index (κ3) is 6.59. The van der Waals surface area contributed by atoms with E-state index in [0.29, 0.717) is 24.3 Å². The maximum Gasteiger partial charge on any atom is 0.416 e. The molecule has 35 heavy (non-hydrogen) atoms. The number of rotatable bonds is 7. The molecule has 0 aliphatic carbocycles. The molecule has 0 fully saturated rings. The second-order valence-corrected chi connectivity index (χ2v) is 8.49. The molecule has 0 heterocycles. The van der Waals surface area contributed by atoms with E-state index in [1.165, 1.54) is 24.3 Å². The van der Waals surface area contributed by atoms with Gasteiger partial charge in [-0.25, -0.2) is 18.6 Å². The van der Waals surface area contributed by atoms with E-state index in [1.54, 1.807) is 0 Å². The first-order valence-corrected chi connectivity index (χ1v) is 10.9. The van der Waals surface area contributed by atoms with Crippen LogP contribution in [0.25, 0.3) is 0 Å². The van der Waals surface area contributed by atoms with Gasteiger partial charge in [0.05, 0.1) is 18.2 Å². The zero-order chi connectivity index (χ0) is 25.8. The molecule has 0 aliphatic rings. The van der Waals surface area contributed by atoms with Gasteiger partial charge in [0.25, 0.3) is 0 Å². The largest absolute Gasteiger partial charge is 0.416 e. The summed E-state index contributed by atoms with van der Waals surface area (Å²) in [5.74, 6) is -5.65. The third-order valence-electron chi connectivity index (χ3n) is 4.39. The molecule has 184 valence electrons. The Morgan fingerprint density at radius 2 is 1.57 bits per heavy atom. The molecular formula is C22H14F6N2O4S. The first-order valence-electron chi connectivity index (χ1n) is 9.53. The number of alkyl halides is 3. The molecule has 0 saturated heterocycles. The van der Waals surface area contributed by atoms with Crippen LogP contribution in [0.15, 0.2) is 70.7 Å². The number of para-hydroxylation sites is 1. The van der Waals surface area contributed by atoms with Crippen LogP contribution in [0.4, 0.5) is 26.3 Å². The Bertz CT molecular complexity index is 1350. The standard InChI is InChI=1S/C22H14F6N2O4S/c23-17-9-13(10-18(24)21(17)25)11-20(31)30-29-12-14-3-1-2-4-19(14)34-35(32,33)16-7-5-15(6-8-16)22(26,27)28/h1-10,12H,11H2,(H,30,31)/b29-12+. The highest BCUT2D eigenvalue weighted by Crippen LogP contribution is 2.30. The van der Waals surface area contributed by atoms with E-state index in [2.05, 4.69) is 10.5 Å². The van der Waals surface area contributed by atoms with Crippen molar-refractivity contribution in [3.05, 3.63) is 94.8 Å². The Morgan fingerprint density at radius 1 is 0.971 bits per heavy atom. The number of hydrogen-bond acceptors (Lipinski definition) is 5. The molecule has 1 amide bonds. The van der Waals surface area contributed by atoms with E-state index >= 15 is 0 Å². The number of halogens is 6. The molecule has 0 aliphatic heterocycles. The normalized spacial score (nSPS) is 12.1. The first kappa shape index (κ1) is 25.7. The van der Waals surface area contributed by atoms with Gasteiger partial charge >= 0.3 is 16.3 Å². The highest BCUT2D eigenvalue weighted by atomic mass is 32.2. The second kappa shape index (κ2) is 10.2. The zero-order valence-electron chi connectivity index (χ0n) is 17.3. The second-order valence-electron chi connectivity index (χ2n) is 6.94. The fraction of sp³-hybridized carbons (Fsp3) is 0.0909. The van der Waals surface area contributed by atoms with Gasteiger partial charge in [0.15, 0.2) is 23.2 Å². The van der Waals surface area contributed by atoms with Gasteiger partial charge in [-0.2, -0.15) is 26.7 Å². The number of carbonyl (C=O) groups excluding carboxylic acids is 1. The Morgan fingerprint density at radius 3 is 2.17 bits per heavy atom. The molecule has 0 spiro atoms. The van der Waals surface area contributed by atoms with Crippen LogP contribution in [0.3, 0.4) is 0 Å². The maximum absolute atomic E-state index is 13.2. The lowest BCUT2D eigenvalue weighted by molar-refractivity contribution is -0.137. The molecule has 0 aromatic heterocycles. The Balaban J connectivity index is 1.70. The summed E-state index contributed by atoms with van der Waals surface area (Å²) < 4.78 is 108. The summed E-state index contributed by atoms with van der Waals surface area (Å²) in [6.07, 6.45) is -4.16. The quantitative estimate of drug-likeness (QED) is 0.164. The van der Waals surface area contributed by atoms with Crippen LogP contribution >= 0.6 is 0 Å². The smallest absolute Gasteiger partial charge is 0.378 e. The summed E-state index contributed by atoms with van der Waals surface area (Å²) in [6, 6.07) is 9.51. The van der Waals surface area contributed by atoms with Crippen LogP contribution in [0.2, 0.25) is 0 Å². The van der Waals surface area contributed by atoms with Crippen molar-refractivity contribution in [1.29, 1.82) is 0 Å². The molecule has 13 heteroatoms. The molecule has 3 rings (SSSR count). The Labute approximate surface area is 195 Å². The minimum absolute atomic E-state index is 0.0714. The van der Waals surface area contributed by atoms with E-state index in [9.17, 15) is 39.6 Å². The van der Waals surface area contributed by atoms with Crippen molar-refractivity contribution < 1.29 is 43.7 Å². The molecule has 0 radical (unpaired) electrons. The predicted molar refractivity (Wildman–Crippen MR) is 111 cm³/mol. The average Bonchev–Trinajstić information content (AvgIpc) is 2.78. The van der Waals surface area contributed by atoms with Gasteiger partial charge < -0.3 is 4.18 Å². The number of nitrogens with zero attached hydrogens (tertiary/aromatic N) is 1. The lowest BCUT2D eigenvalue weighted by Crippen LogP contribution is -2.20. The van der Waals surface area contributed by atoms with Crippen LogP contribution in [0.5, 0.6) is 5.75 Å². The lowest BCUT2D eigenvalue weighted by atomic mass is 10.1. The van der Waals surface area contributed by atoms with Gasteiger partial charge in [-0.15, -0.1) is 0 Å². The van der Waals surface area contributed by atoms with Crippen molar-refractivity contribution in [3.8, 4) is 5.75 Å². The van der Waals surface area contributed by atoms with Crippen molar-refractivity contribution >= 4 is 22.2 Å². The number of hydrazone groups is 1. The van der Waals surface area contributed by atoms with Crippen LogP contribution < -0.4 is 9.61 Å². The summed E-state index contributed by atoms with van der Waals surface area (Å²) in [5, 5.41) is 3.62. The number of nitrogens with one attached hydrogen (secondary N) is 1. The molecule has 3 aromatic carbocycles. The van der Waals surface area contributed by atoms with Crippen LogP contribution in [0, 0.1) is 17.5 Å². The highest BCUT2D eigenvalue weighted by Gasteiger charge is 2.31. The molecule has 0 unspecified atom stereocenters. The Hall–Kier alpha value is -3.87. The van der Waals surface area contributed by atoms with Crippen molar-refractivity contribution in [2.45, 2.75) is 17.5 Å². The fourth-order valence-electron chi connectivity index (χ4n) is 2.75. The van der Waals surface area contributed by atoms with Crippen molar-refractivity contribution in [1.82, 2.24) is 5.43 Å². The molecule has 6 nitrogen and oxygen atoms in total. The topological polar surface area (TPSA) is 84.8 Å². The van der Waals surface area contributed by atoms with Gasteiger partial charge in [0.1, 0.15) is 4.90 Å². The van der Waals surface area contributed by atoms with Gasteiger partial charge in [0.2, 0.25) is 5.91 Å². The highest BCUT2D eigenvalue weighted by molar-refractivity contribution is 7.87. The summed E-state index contributed by atoms with van der Waals surface area (Å²) in [6.45, 7) is 0. The summed E-state index contributed by atoms with van der Waals surface area (Å²) in [5.41, 5.74) is 0.938. The SMILES string of the molecule is O=C(Cc1cc(F)c(F)c(F)c1)N/N=C/c1ccccc1OS(=O)(=O)c1ccc(C(F)(F)F)cc1. The third-order valence-corrected chi connectivity index (χ3v) is 5.64. The van der Waals surface area contributed by atoms with E-state index in [4.69, 9.17) is 4.18 Å². The zero-order valence-corrected chi connectivity index (χ0v) is 18.1. The van der Waals surface area contributed by atoms with Crippen molar-refractivity contribution in [3.63, 3.8) is 0 Å². The molecule has 0 bridgehead atoms. The lowest BCUT2D eigenvalue weighted by Gasteiger charge is -2.11. The fourth-order valence-corrected chi connectivity index (χ4v) is 3.70. The summed E-state index contributed by atoms with van der Waals surface area (Å²) in [4.78, 5) is 11.4. The number of carbonyl (C=O) groups is 1. The van der Waals surface area contributed by atoms with Crippen LogP contribution in [-0.4, -0.2) is 20.5 Å². The minimum Gasteiger partial charge on any atom is -0.378 e. The molecule has 3 aromatic rings. The molecule has 0 saturated carbocycles. The average molecular weight is 516 g/mol. The summed E-state index contributed by atoms with van der Waals surface area (Å²) >= 11 is 0. The monoisotopic (exact) mass is 516 g/mol. The van der Waals surface area contributed by atoms with Crippen LogP contribution in [-0.2, 0) is 27.5 Å². The van der Waals surface area contributed by atoms with Gasteiger partial charge in [-0.1, -0.05) is 12.1 Å². The van der Waals surface area contributed by atoms with Gasteiger partial charge in [0, 0.05) is 5.56 Å². The van der Waals surface area contributed by atoms with Crippen molar-refractivity contribution in [2.75, 3.05) is 0 Å². The Kier molecular flexibility index (Phi) is 7.48. The van der Waals surface area contributed by atoms with Crippen molar-refractivity contribution in [2.24, 2.45) is 5.10 Å². The first-order chi connectivity index (χ1) is 16.4. The van der Waals surface area contributed by atoms with E-state index in [1.807, 2.05) is 0 Å². The number of hydrogen-bond donors (Lipinski definition) is 1. The van der Waals surface area contributed by atoms with E-state index < -0.39 is 56.5 Å². The number of benzene rings is 3. The van der Waals surface area contributed by atoms with E-state index in [-0.39, 0.29) is 16.9 Å². The molecular weight excluding hydrogens is 502 g/mol. The van der Waals surface area contributed by atoms with Gasteiger partial charge in [-0.05, 0) is 54.1 Å². The minimum atomic E-state index is -4.64. The number of amides is 1. The molecule has 1 N–H and O–H groups in total.